The van der Waals surface area contributed by atoms with Gasteiger partial charge >= 0.3 is 5.97 Å². The van der Waals surface area contributed by atoms with Crippen molar-refractivity contribution in [3.63, 3.8) is 0 Å². The van der Waals surface area contributed by atoms with Crippen LogP contribution in [0.15, 0.2) is 30.3 Å². The van der Waals surface area contributed by atoms with Crippen LogP contribution in [-0.4, -0.2) is 32.0 Å². The Balaban J connectivity index is 2.37. The van der Waals surface area contributed by atoms with E-state index in [1.165, 1.54) is 4.68 Å². The molecule has 7 nitrogen and oxygen atoms in total. The van der Waals surface area contributed by atoms with Crippen LogP contribution in [0, 0.1) is 0 Å². The van der Waals surface area contributed by atoms with Crippen molar-refractivity contribution in [2.75, 3.05) is 0 Å². The molecule has 1 amide bonds. The maximum absolute atomic E-state index is 11.1. The SMILES string of the molecule is NC(=O)Cn1nnc(C(=O)O)c1Cc1ccccc1. The molecule has 0 bridgehead atoms. The van der Waals surface area contributed by atoms with Crippen molar-refractivity contribution >= 4 is 11.9 Å². The van der Waals surface area contributed by atoms with Gasteiger partial charge in [-0.3, -0.25) is 4.79 Å². The summed E-state index contributed by atoms with van der Waals surface area (Å²) in [5.74, 6) is -1.78. The number of rotatable bonds is 5. The van der Waals surface area contributed by atoms with Crippen LogP contribution in [0.2, 0.25) is 0 Å². The Morgan fingerprint density at radius 3 is 2.53 bits per heavy atom. The van der Waals surface area contributed by atoms with Gasteiger partial charge in [0, 0.05) is 6.42 Å². The summed E-state index contributed by atoms with van der Waals surface area (Å²) in [5.41, 5.74) is 6.19. The number of nitrogens with zero attached hydrogens (tertiary/aromatic N) is 3. The van der Waals surface area contributed by atoms with Gasteiger partial charge in [0.1, 0.15) is 6.54 Å². The number of carboxylic acids is 1. The fourth-order valence-corrected chi connectivity index (χ4v) is 1.74. The minimum absolute atomic E-state index is 0.162. The minimum atomic E-state index is -1.18. The standard InChI is InChI=1S/C12H12N4O3/c13-10(17)7-16-9(11(12(18)19)14-15-16)6-8-4-2-1-3-5-8/h1-5H,6-7H2,(H2,13,17)(H,18,19). The summed E-state index contributed by atoms with van der Waals surface area (Å²) in [7, 11) is 0. The van der Waals surface area contributed by atoms with Gasteiger partial charge in [-0.05, 0) is 5.56 Å². The highest BCUT2D eigenvalue weighted by Crippen LogP contribution is 2.12. The molecular formula is C12H12N4O3. The zero-order valence-electron chi connectivity index (χ0n) is 9.98. The van der Waals surface area contributed by atoms with Crippen LogP contribution >= 0.6 is 0 Å². The van der Waals surface area contributed by atoms with E-state index in [0.717, 1.165) is 5.56 Å². The second-order valence-electron chi connectivity index (χ2n) is 3.98. The first-order valence-corrected chi connectivity index (χ1v) is 5.56. The first-order chi connectivity index (χ1) is 9.08. The molecule has 0 saturated carbocycles. The van der Waals surface area contributed by atoms with E-state index in [4.69, 9.17) is 10.8 Å². The number of nitrogens with two attached hydrogens (primary N) is 1. The topological polar surface area (TPSA) is 111 Å². The van der Waals surface area contributed by atoms with Crippen LogP contribution in [0.1, 0.15) is 21.7 Å². The van der Waals surface area contributed by atoms with Crippen molar-refractivity contribution in [2.24, 2.45) is 5.73 Å². The number of hydrogen-bond acceptors (Lipinski definition) is 4. The lowest BCUT2D eigenvalue weighted by molar-refractivity contribution is -0.118. The number of primary amides is 1. The van der Waals surface area contributed by atoms with Gasteiger partial charge < -0.3 is 10.8 Å². The first-order valence-electron chi connectivity index (χ1n) is 5.56. The molecule has 2 aromatic rings. The van der Waals surface area contributed by atoms with Crippen LogP contribution in [-0.2, 0) is 17.8 Å². The van der Waals surface area contributed by atoms with E-state index in [2.05, 4.69) is 10.3 Å². The zero-order valence-corrected chi connectivity index (χ0v) is 9.98. The molecule has 19 heavy (non-hydrogen) atoms. The van der Waals surface area contributed by atoms with Gasteiger partial charge in [0.2, 0.25) is 5.91 Å². The van der Waals surface area contributed by atoms with E-state index in [-0.39, 0.29) is 12.2 Å². The maximum Gasteiger partial charge on any atom is 0.358 e. The fourth-order valence-electron chi connectivity index (χ4n) is 1.74. The number of hydrogen-bond donors (Lipinski definition) is 2. The summed E-state index contributed by atoms with van der Waals surface area (Å²) < 4.78 is 1.22. The smallest absolute Gasteiger partial charge is 0.358 e. The quantitative estimate of drug-likeness (QED) is 0.789. The molecule has 0 aliphatic heterocycles. The average Bonchev–Trinajstić information content (AvgIpc) is 2.73. The Labute approximate surface area is 108 Å². The molecule has 3 N–H and O–H groups in total. The van der Waals surface area contributed by atoms with Crippen molar-refractivity contribution in [1.29, 1.82) is 0 Å². The third-order valence-electron chi connectivity index (χ3n) is 2.56. The highest BCUT2D eigenvalue weighted by Gasteiger charge is 2.19. The third-order valence-corrected chi connectivity index (χ3v) is 2.56. The van der Waals surface area contributed by atoms with Crippen molar-refractivity contribution in [2.45, 2.75) is 13.0 Å². The number of carbonyl (C=O) groups is 2. The zero-order chi connectivity index (χ0) is 13.8. The Bertz CT molecular complexity index is 607. The second-order valence-corrected chi connectivity index (χ2v) is 3.98. The van der Waals surface area contributed by atoms with Crippen LogP contribution in [0.5, 0.6) is 0 Å². The fraction of sp³-hybridized carbons (Fsp3) is 0.167. The van der Waals surface area contributed by atoms with E-state index < -0.39 is 11.9 Å². The number of carbonyl (C=O) groups excluding carboxylic acids is 1. The Morgan fingerprint density at radius 2 is 1.95 bits per heavy atom. The molecule has 0 fully saturated rings. The number of aromatic carboxylic acids is 1. The largest absolute Gasteiger partial charge is 0.476 e. The first kappa shape index (κ1) is 12.7. The van der Waals surface area contributed by atoms with E-state index in [1.54, 1.807) is 0 Å². The van der Waals surface area contributed by atoms with Crippen molar-refractivity contribution < 1.29 is 14.7 Å². The minimum Gasteiger partial charge on any atom is -0.476 e. The summed E-state index contributed by atoms with van der Waals surface area (Å²) >= 11 is 0. The Morgan fingerprint density at radius 1 is 1.26 bits per heavy atom. The van der Waals surface area contributed by atoms with Crippen molar-refractivity contribution in [3.05, 3.63) is 47.3 Å². The summed E-state index contributed by atoms with van der Waals surface area (Å²) in [6, 6.07) is 9.26. The molecule has 0 aliphatic carbocycles. The molecule has 0 aliphatic rings. The molecule has 7 heteroatoms. The lowest BCUT2D eigenvalue weighted by Gasteiger charge is -2.05. The summed E-state index contributed by atoms with van der Waals surface area (Å²) in [6.07, 6.45) is 0.322. The van der Waals surface area contributed by atoms with Crippen LogP contribution in [0.25, 0.3) is 0 Å². The summed E-state index contributed by atoms with van der Waals surface area (Å²) in [5, 5.41) is 16.3. The van der Waals surface area contributed by atoms with E-state index >= 15 is 0 Å². The molecule has 0 radical (unpaired) electrons. The van der Waals surface area contributed by atoms with Gasteiger partial charge in [0.05, 0.1) is 5.69 Å². The van der Waals surface area contributed by atoms with Crippen LogP contribution in [0.3, 0.4) is 0 Å². The molecule has 0 spiro atoms. The van der Waals surface area contributed by atoms with Gasteiger partial charge in [-0.25, -0.2) is 9.48 Å². The number of amides is 1. The van der Waals surface area contributed by atoms with E-state index in [0.29, 0.717) is 12.1 Å². The number of benzene rings is 1. The predicted molar refractivity (Wildman–Crippen MR) is 65.4 cm³/mol. The average molecular weight is 260 g/mol. The van der Waals surface area contributed by atoms with E-state index in [9.17, 15) is 9.59 Å². The monoisotopic (exact) mass is 260 g/mol. The Kier molecular flexibility index (Phi) is 3.56. The number of aromatic nitrogens is 3. The number of carboxylic acid groups (broad SMARTS) is 1. The molecule has 1 aromatic heterocycles. The molecule has 98 valence electrons. The Hall–Kier alpha value is -2.70. The highest BCUT2D eigenvalue weighted by molar-refractivity contribution is 5.86. The summed E-state index contributed by atoms with van der Waals surface area (Å²) in [6.45, 7) is -0.192. The van der Waals surface area contributed by atoms with E-state index in [1.807, 2.05) is 30.3 Å². The molecule has 0 unspecified atom stereocenters. The van der Waals surface area contributed by atoms with Gasteiger partial charge in [0.15, 0.2) is 5.69 Å². The van der Waals surface area contributed by atoms with Gasteiger partial charge in [-0.2, -0.15) is 0 Å². The summed E-state index contributed by atoms with van der Waals surface area (Å²) in [4.78, 5) is 22.0. The van der Waals surface area contributed by atoms with Crippen molar-refractivity contribution in [3.8, 4) is 0 Å². The van der Waals surface area contributed by atoms with Gasteiger partial charge in [-0.1, -0.05) is 35.5 Å². The molecule has 0 atom stereocenters. The van der Waals surface area contributed by atoms with Gasteiger partial charge in [0.25, 0.3) is 0 Å². The lowest BCUT2D eigenvalue weighted by atomic mass is 10.1. The molecule has 0 saturated heterocycles. The normalized spacial score (nSPS) is 10.3. The van der Waals surface area contributed by atoms with Crippen LogP contribution < -0.4 is 5.73 Å². The third kappa shape index (κ3) is 2.95. The second kappa shape index (κ2) is 5.30. The highest BCUT2D eigenvalue weighted by atomic mass is 16.4. The predicted octanol–water partition coefficient (Wildman–Crippen LogP) is 0.0524. The molecule has 1 heterocycles. The van der Waals surface area contributed by atoms with Gasteiger partial charge in [-0.15, -0.1) is 5.10 Å². The molecular weight excluding hydrogens is 248 g/mol. The lowest BCUT2D eigenvalue weighted by Crippen LogP contribution is -2.21. The van der Waals surface area contributed by atoms with Crippen LogP contribution in [0.4, 0.5) is 0 Å². The molecule has 2 rings (SSSR count). The maximum atomic E-state index is 11.1. The van der Waals surface area contributed by atoms with Crippen molar-refractivity contribution in [1.82, 2.24) is 15.0 Å². The molecule has 1 aromatic carbocycles.